The van der Waals surface area contributed by atoms with Gasteiger partial charge in [0.25, 0.3) is 0 Å². The summed E-state index contributed by atoms with van der Waals surface area (Å²) in [6.07, 6.45) is 4.09. The van der Waals surface area contributed by atoms with Crippen molar-refractivity contribution in [1.82, 2.24) is 0 Å². The number of ketones is 1. The first-order valence-electron chi connectivity index (χ1n) is 6.74. The average molecular weight is 232 g/mol. The molecule has 0 aliphatic rings. The number of rotatable bonds is 7. The van der Waals surface area contributed by atoms with Crippen LogP contribution in [-0.4, -0.2) is 5.78 Å². The second-order valence-corrected chi connectivity index (χ2v) is 5.06. The zero-order valence-corrected chi connectivity index (χ0v) is 11.3. The van der Waals surface area contributed by atoms with Crippen LogP contribution >= 0.6 is 0 Å². The molecule has 1 aromatic carbocycles. The molecule has 0 aliphatic carbocycles. The number of benzene rings is 1. The molecule has 0 N–H and O–H groups in total. The maximum atomic E-state index is 12.3. The Bertz CT molecular complexity index is 327. The van der Waals surface area contributed by atoms with Gasteiger partial charge < -0.3 is 0 Å². The van der Waals surface area contributed by atoms with Gasteiger partial charge in [-0.1, -0.05) is 63.9 Å². The molecule has 17 heavy (non-hydrogen) atoms. The molecule has 0 heterocycles. The Kier molecular flexibility index (Phi) is 5.96. The van der Waals surface area contributed by atoms with E-state index in [1.165, 1.54) is 12.0 Å². The predicted octanol–water partition coefficient (Wildman–Crippen LogP) is 4.58. The van der Waals surface area contributed by atoms with Crippen LogP contribution in [0.2, 0.25) is 0 Å². The van der Waals surface area contributed by atoms with Crippen molar-refractivity contribution in [2.24, 2.45) is 5.92 Å². The van der Waals surface area contributed by atoms with Gasteiger partial charge >= 0.3 is 0 Å². The van der Waals surface area contributed by atoms with Crippen molar-refractivity contribution in [2.75, 3.05) is 0 Å². The molecular formula is C16H24O. The molecule has 1 aromatic rings. The molecule has 0 saturated heterocycles. The van der Waals surface area contributed by atoms with E-state index in [-0.39, 0.29) is 5.92 Å². The first-order chi connectivity index (χ1) is 8.16. The molecule has 94 valence electrons. The summed E-state index contributed by atoms with van der Waals surface area (Å²) in [5.74, 6) is 0.860. The molecule has 0 aliphatic heterocycles. The van der Waals surface area contributed by atoms with Gasteiger partial charge in [-0.3, -0.25) is 4.79 Å². The minimum atomic E-state index is 0.0769. The molecule has 1 rings (SSSR count). The molecule has 0 aromatic heterocycles. The Hall–Kier alpha value is -1.11. The first kappa shape index (κ1) is 14.0. The smallest absolute Gasteiger partial charge is 0.140 e. The summed E-state index contributed by atoms with van der Waals surface area (Å²) in [4.78, 5) is 12.3. The van der Waals surface area contributed by atoms with Crippen LogP contribution in [0.3, 0.4) is 0 Å². The summed E-state index contributed by atoms with van der Waals surface area (Å²) in [5, 5.41) is 0. The van der Waals surface area contributed by atoms with Crippen molar-refractivity contribution >= 4 is 5.78 Å². The highest BCUT2D eigenvalue weighted by Gasteiger charge is 2.22. The van der Waals surface area contributed by atoms with E-state index >= 15 is 0 Å². The Morgan fingerprint density at radius 3 is 2.29 bits per heavy atom. The summed E-state index contributed by atoms with van der Waals surface area (Å²) in [6, 6.07) is 10.2. The van der Waals surface area contributed by atoms with E-state index in [4.69, 9.17) is 0 Å². The molecule has 0 bridgehead atoms. The third-order valence-corrected chi connectivity index (χ3v) is 3.20. The summed E-state index contributed by atoms with van der Waals surface area (Å²) in [7, 11) is 0. The van der Waals surface area contributed by atoms with E-state index in [1.54, 1.807) is 0 Å². The monoisotopic (exact) mass is 232 g/mol. The molecule has 0 spiro atoms. The van der Waals surface area contributed by atoms with Gasteiger partial charge in [-0.05, 0) is 17.9 Å². The molecule has 0 fully saturated rings. The summed E-state index contributed by atoms with van der Waals surface area (Å²) < 4.78 is 0. The fraction of sp³-hybridized carbons (Fsp3) is 0.562. The normalized spacial score (nSPS) is 12.7. The number of carbonyl (C=O) groups excluding carboxylic acids is 1. The van der Waals surface area contributed by atoms with E-state index in [9.17, 15) is 4.79 Å². The average Bonchev–Trinajstić information content (AvgIpc) is 2.30. The summed E-state index contributed by atoms with van der Waals surface area (Å²) >= 11 is 0. The number of carbonyl (C=O) groups is 1. The van der Waals surface area contributed by atoms with Crippen LogP contribution in [0.25, 0.3) is 0 Å². The summed E-state index contributed by atoms with van der Waals surface area (Å²) in [6.45, 7) is 6.44. The highest BCUT2D eigenvalue weighted by atomic mass is 16.1. The Labute approximate surface area is 105 Å². The minimum Gasteiger partial charge on any atom is -0.299 e. The molecule has 0 radical (unpaired) electrons. The standard InChI is InChI=1S/C16H24O/c1-4-5-7-12-15(17)16(13(2)3)14-10-8-6-9-11-14/h6,8-11,13,16H,4-5,7,12H2,1-3H3. The largest absolute Gasteiger partial charge is 0.299 e. The van der Waals surface area contributed by atoms with Crippen molar-refractivity contribution in [2.45, 2.75) is 52.4 Å². The van der Waals surface area contributed by atoms with E-state index in [0.717, 1.165) is 19.3 Å². The maximum absolute atomic E-state index is 12.3. The van der Waals surface area contributed by atoms with E-state index in [1.807, 2.05) is 18.2 Å². The lowest BCUT2D eigenvalue weighted by Gasteiger charge is -2.20. The van der Waals surface area contributed by atoms with Crippen LogP contribution in [0.1, 0.15) is 57.9 Å². The molecule has 1 atom stereocenters. The lowest BCUT2D eigenvalue weighted by Crippen LogP contribution is -2.18. The molecular weight excluding hydrogens is 208 g/mol. The third-order valence-electron chi connectivity index (χ3n) is 3.20. The van der Waals surface area contributed by atoms with Crippen molar-refractivity contribution in [3.05, 3.63) is 35.9 Å². The fourth-order valence-electron chi connectivity index (χ4n) is 2.31. The Morgan fingerprint density at radius 2 is 1.76 bits per heavy atom. The highest BCUT2D eigenvalue weighted by molar-refractivity contribution is 5.85. The molecule has 1 unspecified atom stereocenters. The van der Waals surface area contributed by atoms with Gasteiger partial charge in [-0.25, -0.2) is 0 Å². The second-order valence-electron chi connectivity index (χ2n) is 5.06. The predicted molar refractivity (Wildman–Crippen MR) is 73.2 cm³/mol. The van der Waals surface area contributed by atoms with Crippen LogP contribution in [0.5, 0.6) is 0 Å². The topological polar surface area (TPSA) is 17.1 Å². The van der Waals surface area contributed by atoms with Crippen LogP contribution in [0, 0.1) is 5.92 Å². The molecule has 0 saturated carbocycles. The highest BCUT2D eigenvalue weighted by Crippen LogP contribution is 2.27. The quantitative estimate of drug-likeness (QED) is 0.629. The molecule has 1 nitrogen and oxygen atoms in total. The van der Waals surface area contributed by atoms with E-state index in [2.05, 4.69) is 32.9 Å². The third kappa shape index (κ3) is 4.33. The van der Waals surface area contributed by atoms with Gasteiger partial charge in [0, 0.05) is 12.3 Å². The molecule has 0 amide bonds. The van der Waals surface area contributed by atoms with Crippen LogP contribution in [0.4, 0.5) is 0 Å². The van der Waals surface area contributed by atoms with Crippen LogP contribution in [0.15, 0.2) is 30.3 Å². The van der Waals surface area contributed by atoms with Crippen molar-refractivity contribution in [1.29, 1.82) is 0 Å². The number of hydrogen-bond donors (Lipinski definition) is 0. The number of unbranched alkanes of at least 4 members (excludes halogenated alkanes) is 2. The number of hydrogen-bond acceptors (Lipinski definition) is 1. The van der Waals surface area contributed by atoms with E-state index < -0.39 is 0 Å². The van der Waals surface area contributed by atoms with Gasteiger partial charge in [0.1, 0.15) is 5.78 Å². The Balaban J connectivity index is 2.70. The lowest BCUT2D eigenvalue weighted by atomic mass is 9.83. The molecule has 1 heteroatoms. The van der Waals surface area contributed by atoms with E-state index in [0.29, 0.717) is 11.7 Å². The zero-order chi connectivity index (χ0) is 12.7. The van der Waals surface area contributed by atoms with Crippen molar-refractivity contribution in [3.63, 3.8) is 0 Å². The van der Waals surface area contributed by atoms with Gasteiger partial charge in [0.15, 0.2) is 0 Å². The maximum Gasteiger partial charge on any atom is 0.140 e. The second kappa shape index (κ2) is 7.26. The van der Waals surface area contributed by atoms with Gasteiger partial charge in [-0.15, -0.1) is 0 Å². The van der Waals surface area contributed by atoms with Gasteiger partial charge in [-0.2, -0.15) is 0 Å². The lowest BCUT2D eigenvalue weighted by molar-refractivity contribution is -0.121. The zero-order valence-electron chi connectivity index (χ0n) is 11.3. The van der Waals surface area contributed by atoms with Gasteiger partial charge in [0.2, 0.25) is 0 Å². The van der Waals surface area contributed by atoms with Crippen molar-refractivity contribution in [3.8, 4) is 0 Å². The van der Waals surface area contributed by atoms with Crippen LogP contribution < -0.4 is 0 Å². The van der Waals surface area contributed by atoms with Crippen LogP contribution in [-0.2, 0) is 4.79 Å². The first-order valence-corrected chi connectivity index (χ1v) is 6.74. The fourth-order valence-corrected chi connectivity index (χ4v) is 2.31. The minimum absolute atomic E-state index is 0.0769. The van der Waals surface area contributed by atoms with Gasteiger partial charge in [0.05, 0.1) is 0 Å². The number of Topliss-reactive ketones (excluding diaryl/α,β-unsaturated/α-hetero) is 1. The SMILES string of the molecule is CCCCCC(=O)C(c1ccccc1)C(C)C. The Morgan fingerprint density at radius 1 is 1.12 bits per heavy atom. The summed E-state index contributed by atoms with van der Waals surface area (Å²) in [5.41, 5.74) is 1.17. The van der Waals surface area contributed by atoms with Crippen molar-refractivity contribution < 1.29 is 4.79 Å².